The van der Waals surface area contributed by atoms with E-state index in [0.717, 1.165) is 11.6 Å². The molecule has 0 radical (unpaired) electrons. The zero-order chi connectivity index (χ0) is 13.9. The van der Waals surface area contributed by atoms with E-state index in [2.05, 4.69) is 16.9 Å². The van der Waals surface area contributed by atoms with Gasteiger partial charge in [0, 0.05) is 22.7 Å². The van der Waals surface area contributed by atoms with Crippen molar-refractivity contribution >= 4 is 29.5 Å². The smallest absolute Gasteiger partial charge is 0.223 e. The van der Waals surface area contributed by atoms with Gasteiger partial charge in [0.1, 0.15) is 11.6 Å². The van der Waals surface area contributed by atoms with Crippen LogP contribution in [0.25, 0.3) is 0 Å². The fraction of sp³-hybridized carbons (Fsp3) is 0.786. The summed E-state index contributed by atoms with van der Waals surface area (Å²) in [5, 5.41) is 0.913. The molecule has 0 spiro atoms. The molecule has 1 aliphatic heterocycles. The fourth-order valence-electron chi connectivity index (χ4n) is 3.01. The van der Waals surface area contributed by atoms with E-state index in [1.807, 2.05) is 23.5 Å². The van der Waals surface area contributed by atoms with Gasteiger partial charge in [-0.25, -0.2) is 4.98 Å². The van der Waals surface area contributed by atoms with Gasteiger partial charge in [-0.1, -0.05) is 26.2 Å². The SMILES string of the molecule is CC1SCCSC1c1nc(N)nc(C2CCCCC2)n1. The Hall–Kier alpha value is -0.490. The van der Waals surface area contributed by atoms with Crippen molar-refractivity contribution in [2.75, 3.05) is 17.2 Å². The third-order valence-electron chi connectivity index (χ3n) is 4.10. The van der Waals surface area contributed by atoms with Crippen molar-refractivity contribution in [1.29, 1.82) is 0 Å². The Morgan fingerprint density at radius 2 is 1.65 bits per heavy atom. The topological polar surface area (TPSA) is 64.7 Å². The number of anilines is 1. The summed E-state index contributed by atoms with van der Waals surface area (Å²) in [6, 6.07) is 0. The maximum atomic E-state index is 5.94. The van der Waals surface area contributed by atoms with Crippen LogP contribution in [0.1, 0.15) is 61.8 Å². The molecule has 1 aromatic rings. The lowest BCUT2D eigenvalue weighted by molar-refractivity contribution is 0.426. The summed E-state index contributed by atoms with van der Waals surface area (Å²) in [6.45, 7) is 2.27. The minimum atomic E-state index is 0.362. The van der Waals surface area contributed by atoms with Crippen LogP contribution in [0.15, 0.2) is 0 Å². The van der Waals surface area contributed by atoms with Crippen LogP contribution >= 0.6 is 23.5 Å². The van der Waals surface area contributed by atoms with E-state index in [1.54, 1.807) is 0 Å². The number of hydrogen-bond donors (Lipinski definition) is 1. The van der Waals surface area contributed by atoms with Gasteiger partial charge in [0.05, 0.1) is 5.25 Å². The molecule has 0 aromatic carbocycles. The van der Waals surface area contributed by atoms with E-state index in [4.69, 9.17) is 10.7 Å². The van der Waals surface area contributed by atoms with Crippen LogP contribution in [-0.2, 0) is 0 Å². The van der Waals surface area contributed by atoms with Crippen LogP contribution < -0.4 is 5.73 Å². The number of thioether (sulfide) groups is 2. The van der Waals surface area contributed by atoms with Gasteiger partial charge in [-0.05, 0) is 12.8 Å². The lowest BCUT2D eigenvalue weighted by atomic mass is 9.89. The lowest BCUT2D eigenvalue weighted by Crippen LogP contribution is -2.21. The van der Waals surface area contributed by atoms with E-state index in [1.165, 1.54) is 43.6 Å². The maximum Gasteiger partial charge on any atom is 0.223 e. The zero-order valence-electron chi connectivity index (χ0n) is 11.9. The number of hydrogen-bond acceptors (Lipinski definition) is 6. The molecule has 4 nitrogen and oxygen atoms in total. The minimum absolute atomic E-state index is 0.362. The number of rotatable bonds is 2. The van der Waals surface area contributed by atoms with Gasteiger partial charge in [0.2, 0.25) is 5.95 Å². The van der Waals surface area contributed by atoms with Gasteiger partial charge < -0.3 is 5.73 Å². The second-order valence-corrected chi connectivity index (χ2v) is 8.35. The first-order valence-corrected chi connectivity index (χ1v) is 9.58. The quantitative estimate of drug-likeness (QED) is 0.903. The Labute approximate surface area is 129 Å². The maximum absolute atomic E-state index is 5.94. The van der Waals surface area contributed by atoms with E-state index in [0.29, 0.717) is 22.4 Å². The molecule has 0 bridgehead atoms. The van der Waals surface area contributed by atoms with Crippen molar-refractivity contribution in [3.63, 3.8) is 0 Å². The summed E-state index contributed by atoms with van der Waals surface area (Å²) in [4.78, 5) is 13.6. The molecule has 2 aliphatic rings. The van der Waals surface area contributed by atoms with Crippen LogP contribution in [-0.4, -0.2) is 31.7 Å². The van der Waals surface area contributed by atoms with Gasteiger partial charge >= 0.3 is 0 Å². The van der Waals surface area contributed by atoms with E-state index < -0.39 is 0 Å². The van der Waals surface area contributed by atoms with Crippen LogP contribution in [0.5, 0.6) is 0 Å². The van der Waals surface area contributed by atoms with Crippen LogP contribution in [0, 0.1) is 0 Å². The predicted molar refractivity (Wildman–Crippen MR) is 87.2 cm³/mol. The Kier molecular flexibility index (Phi) is 4.71. The Morgan fingerprint density at radius 1 is 0.950 bits per heavy atom. The summed E-state index contributed by atoms with van der Waals surface area (Å²) >= 11 is 3.97. The molecular formula is C14H22N4S2. The van der Waals surface area contributed by atoms with Gasteiger partial charge in [-0.2, -0.15) is 21.7 Å². The van der Waals surface area contributed by atoms with Crippen molar-refractivity contribution < 1.29 is 0 Å². The predicted octanol–water partition coefficient (Wildman–Crippen LogP) is 3.41. The van der Waals surface area contributed by atoms with Crippen molar-refractivity contribution in [2.45, 2.75) is 55.4 Å². The minimum Gasteiger partial charge on any atom is -0.368 e. The summed E-state index contributed by atoms with van der Waals surface area (Å²) in [7, 11) is 0. The molecule has 110 valence electrons. The third kappa shape index (κ3) is 3.22. The van der Waals surface area contributed by atoms with Gasteiger partial charge in [-0.3, -0.25) is 0 Å². The first-order chi connectivity index (χ1) is 9.74. The fourth-order valence-corrected chi connectivity index (χ4v) is 5.70. The highest BCUT2D eigenvalue weighted by molar-refractivity contribution is 8.06. The van der Waals surface area contributed by atoms with Crippen LogP contribution in [0.2, 0.25) is 0 Å². The highest BCUT2D eigenvalue weighted by Gasteiger charge is 2.28. The summed E-state index contributed by atoms with van der Waals surface area (Å²) in [6.07, 6.45) is 6.32. The highest BCUT2D eigenvalue weighted by Crippen LogP contribution is 2.41. The van der Waals surface area contributed by atoms with Crippen LogP contribution in [0.4, 0.5) is 5.95 Å². The molecule has 2 heterocycles. The largest absolute Gasteiger partial charge is 0.368 e. The average Bonchev–Trinajstić information content (AvgIpc) is 2.48. The summed E-state index contributed by atoms with van der Waals surface area (Å²) in [5.41, 5.74) is 5.94. The third-order valence-corrected chi connectivity index (χ3v) is 7.19. The molecular weight excluding hydrogens is 288 g/mol. The van der Waals surface area contributed by atoms with Crippen molar-refractivity contribution in [1.82, 2.24) is 15.0 Å². The second kappa shape index (κ2) is 6.52. The summed E-state index contributed by atoms with van der Waals surface area (Å²) < 4.78 is 0. The lowest BCUT2D eigenvalue weighted by Gasteiger charge is -2.27. The average molecular weight is 310 g/mol. The molecule has 2 fully saturated rings. The van der Waals surface area contributed by atoms with Gasteiger partial charge in [-0.15, -0.1) is 11.8 Å². The molecule has 2 N–H and O–H groups in total. The van der Waals surface area contributed by atoms with Crippen molar-refractivity contribution in [3.05, 3.63) is 11.6 Å². The number of nitrogens with two attached hydrogens (primary N) is 1. The first-order valence-electron chi connectivity index (χ1n) is 7.48. The van der Waals surface area contributed by atoms with E-state index in [-0.39, 0.29) is 0 Å². The molecule has 1 saturated carbocycles. The Bertz CT molecular complexity index is 462. The summed E-state index contributed by atoms with van der Waals surface area (Å²) in [5.74, 6) is 5.13. The molecule has 2 atom stereocenters. The van der Waals surface area contributed by atoms with Crippen molar-refractivity contribution in [2.24, 2.45) is 0 Å². The van der Waals surface area contributed by atoms with Crippen molar-refractivity contribution in [3.8, 4) is 0 Å². The molecule has 3 rings (SSSR count). The van der Waals surface area contributed by atoms with Crippen LogP contribution in [0.3, 0.4) is 0 Å². The molecule has 6 heteroatoms. The molecule has 20 heavy (non-hydrogen) atoms. The standard InChI is InChI=1S/C14H22N4S2/c1-9-11(20-8-7-19-9)13-16-12(17-14(15)18-13)10-5-3-2-4-6-10/h9-11H,2-8H2,1H3,(H2,15,16,17,18). The number of aromatic nitrogens is 3. The Balaban J connectivity index is 1.85. The number of nitrogen functional groups attached to an aromatic ring is 1. The zero-order valence-corrected chi connectivity index (χ0v) is 13.6. The van der Waals surface area contributed by atoms with E-state index in [9.17, 15) is 0 Å². The first kappa shape index (κ1) is 14.4. The normalized spacial score (nSPS) is 28.4. The molecule has 2 unspecified atom stereocenters. The molecule has 1 saturated heterocycles. The monoisotopic (exact) mass is 310 g/mol. The second-order valence-electron chi connectivity index (χ2n) is 5.61. The molecule has 1 aliphatic carbocycles. The van der Waals surface area contributed by atoms with Gasteiger partial charge in [0.25, 0.3) is 0 Å². The molecule has 0 amide bonds. The molecule has 1 aromatic heterocycles. The van der Waals surface area contributed by atoms with E-state index >= 15 is 0 Å². The van der Waals surface area contributed by atoms with Gasteiger partial charge in [0.15, 0.2) is 0 Å². The highest BCUT2D eigenvalue weighted by atomic mass is 32.2. The Morgan fingerprint density at radius 3 is 2.40 bits per heavy atom. The number of nitrogens with zero attached hydrogens (tertiary/aromatic N) is 3.